The normalized spacial score (nSPS) is 11.2. The largest absolute Gasteiger partial charge is 0.268 e. The molecule has 0 fully saturated rings. The summed E-state index contributed by atoms with van der Waals surface area (Å²) in [5, 5.41) is 13.4. The fraction of sp³-hybridized carbons (Fsp3) is 0.375. The van der Waals surface area contributed by atoms with Gasteiger partial charge in [0.25, 0.3) is 0 Å². The molecular weight excluding hydrogens is 312 g/mol. The third-order valence-corrected chi connectivity index (χ3v) is 4.56. The summed E-state index contributed by atoms with van der Waals surface area (Å²) in [6.07, 6.45) is 2.08. The van der Waals surface area contributed by atoms with Crippen LogP contribution in [0.25, 0.3) is 0 Å². The summed E-state index contributed by atoms with van der Waals surface area (Å²) in [5.41, 5.74) is 2.17. The van der Waals surface area contributed by atoms with Crippen LogP contribution in [-0.4, -0.2) is 24.5 Å². The minimum atomic E-state index is -3.48. The van der Waals surface area contributed by atoms with Crippen LogP contribution in [0.2, 0.25) is 0 Å². The van der Waals surface area contributed by atoms with Gasteiger partial charge in [-0.1, -0.05) is 19.1 Å². The Bertz CT molecular complexity index is 834. The van der Waals surface area contributed by atoms with E-state index < -0.39 is 10.0 Å². The maximum absolute atomic E-state index is 12.2. The van der Waals surface area contributed by atoms with Crippen LogP contribution < -0.4 is 4.31 Å². The molecule has 0 saturated heterocycles. The molecular formula is C16H20N4O2S. The van der Waals surface area contributed by atoms with Crippen molar-refractivity contribution in [1.29, 1.82) is 5.26 Å². The number of anilines is 1. The number of nitriles is 1. The van der Waals surface area contributed by atoms with Crippen LogP contribution in [0.5, 0.6) is 0 Å². The van der Waals surface area contributed by atoms with E-state index in [0.29, 0.717) is 11.4 Å². The molecule has 0 bridgehead atoms. The Labute approximate surface area is 137 Å². The molecule has 0 spiro atoms. The van der Waals surface area contributed by atoms with Crippen LogP contribution >= 0.6 is 0 Å². The van der Waals surface area contributed by atoms with Gasteiger partial charge in [0, 0.05) is 18.3 Å². The number of nitrogens with zero attached hydrogens (tertiary/aromatic N) is 4. The molecule has 0 amide bonds. The Hall–Kier alpha value is -2.33. The summed E-state index contributed by atoms with van der Waals surface area (Å²) in [4.78, 5) is 0. The molecule has 6 nitrogen and oxygen atoms in total. The van der Waals surface area contributed by atoms with Gasteiger partial charge in [-0.3, -0.25) is 4.68 Å². The lowest BCUT2D eigenvalue weighted by Crippen LogP contribution is -2.29. The first kappa shape index (κ1) is 17.0. The van der Waals surface area contributed by atoms with Gasteiger partial charge in [-0.15, -0.1) is 0 Å². The zero-order valence-corrected chi connectivity index (χ0v) is 14.3. The van der Waals surface area contributed by atoms with Crippen molar-refractivity contribution < 1.29 is 8.42 Å². The molecule has 0 aliphatic heterocycles. The lowest BCUT2D eigenvalue weighted by molar-refractivity contribution is 0.581. The highest BCUT2D eigenvalue weighted by Crippen LogP contribution is 2.21. The van der Waals surface area contributed by atoms with Gasteiger partial charge in [-0.05, 0) is 31.0 Å². The van der Waals surface area contributed by atoms with Crippen LogP contribution in [0.15, 0.2) is 30.3 Å². The molecule has 0 radical (unpaired) electrons. The van der Waals surface area contributed by atoms with Crippen LogP contribution in [0.3, 0.4) is 0 Å². The van der Waals surface area contributed by atoms with Crippen molar-refractivity contribution in [2.45, 2.75) is 33.4 Å². The first-order valence-corrected chi connectivity index (χ1v) is 9.21. The zero-order valence-electron chi connectivity index (χ0n) is 13.5. The van der Waals surface area contributed by atoms with E-state index in [1.54, 1.807) is 35.0 Å². The van der Waals surface area contributed by atoms with Crippen molar-refractivity contribution in [3.63, 3.8) is 0 Å². The first-order valence-electron chi connectivity index (χ1n) is 7.36. The quantitative estimate of drug-likeness (QED) is 0.814. The zero-order chi connectivity index (χ0) is 17.0. The molecule has 2 rings (SSSR count). The van der Waals surface area contributed by atoms with Gasteiger partial charge in [0.2, 0.25) is 10.0 Å². The fourth-order valence-electron chi connectivity index (χ4n) is 2.33. The molecule has 7 heteroatoms. The minimum absolute atomic E-state index is 0.150. The smallest absolute Gasteiger partial charge is 0.233 e. The van der Waals surface area contributed by atoms with E-state index in [1.807, 2.05) is 13.8 Å². The van der Waals surface area contributed by atoms with Crippen molar-refractivity contribution in [1.82, 2.24) is 9.78 Å². The summed E-state index contributed by atoms with van der Waals surface area (Å²) >= 11 is 0. The number of aryl methyl sites for hydroxylation is 2. The van der Waals surface area contributed by atoms with Crippen LogP contribution in [0, 0.1) is 18.3 Å². The van der Waals surface area contributed by atoms with Crippen LogP contribution in [0.4, 0.5) is 5.82 Å². The number of rotatable bonds is 6. The Morgan fingerprint density at radius 2 is 2.09 bits per heavy atom. The Kier molecular flexibility index (Phi) is 5.06. The van der Waals surface area contributed by atoms with E-state index in [2.05, 4.69) is 11.2 Å². The molecule has 1 heterocycles. The summed E-state index contributed by atoms with van der Waals surface area (Å²) < 4.78 is 27.4. The van der Waals surface area contributed by atoms with E-state index >= 15 is 0 Å². The summed E-state index contributed by atoms with van der Waals surface area (Å²) in [7, 11) is -3.48. The third kappa shape index (κ3) is 4.11. The summed E-state index contributed by atoms with van der Waals surface area (Å²) in [6.45, 7) is 4.84. The molecule has 0 atom stereocenters. The average molecular weight is 332 g/mol. The highest BCUT2D eigenvalue weighted by atomic mass is 32.2. The lowest BCUT2D eigenvalue weighted by atomic mass is 10.1. The standard InChI is InChI=1S/C16H20N4O2S/c1-4-8-19-13(2)9-16(18-19)20(23(3,21)22)12-15-7-5-6-14(10-15)11-17/h5-7,9-10H,4,8,12H2,1-3H3. The van der Waals surface area contributed by atoms with Crippen molar-refractivity contribution in [3.8, 4) is 6.07 Å². The highest BCUT2D eigenvalue weighted by molar-refractivity contribution is 7.92. The molecule has 1 aromatic heterocycles. The van der Waals surface area contributed by atoms with Crippen LogP contribution in [0.1, 0.15) is 30.2 Å². The van der Waals surface area contributed by atoms with Gasteiger partial charge >= 0.3 is 0 Å². The lowest BCUT2D eigenvalue weighted by Gasteiger charge is -2.19. The molecule has 1 aromatic carbocycles. The molecule has 2 aromatic rings. The molecule has 0 saturated carbocycles. The summed E-state index contributed by atoms with van der Waals surface area (Å²) in [5.74, 6) is 0.404. The van der Waals surface area contributed by atoms with Gasteiger partial charge in [0.1, 0.15) is 0 Å². The molecule has 0 N–H and O–H groups in total. The minimum Gasteiger partial charge on any atom is -0.268 e. The Balaban J connectivity index is 2.38. The molecule has 122 valence electrons. The van der Waals surface area contributed by atoms with Crippen molar-refractivity contribution >= 4 is 15.8 Å². The van der Waals surface area contributed by atoms with Gasteiger partial charge in [0.05, 0.1) is 24.4 Å². The van der Waals surface area contributed by atoms with E-state index in [9.17, 15) is 8.42 Å². The molecule has 23 heavy (non-hydrogen) atoms. The fourth-order valence-corrected chi connectivity index (χ4v) is 3.14. The molecule has 0 aliphatic rings. The topological polar surface area (TPSA) is 79.0 Å². The molecule has 0 unspecified atom stereocenters. The monoisotopic (exact) mass is 332 g/mol. The number of hydrogen-bond donors (Lipinski definition) is 0. The van der Waals surface area contributed by atoms with Crippen LogP contribution in [-0.2, 0) is 23.1 Å². The maximum Gasteiger partial charge on any atom is 0.233 e. The first-order chi connectivity index (χ1) is 10.8. The van der Waals surface area contributed by atoms with Crippen molar-refractivity contribution in [2.75, 3.05) is 10.6 Å². The number of aromatic nitrogens is 2. The van der Waals surface area contributed by atoms with E-state index in [4.69, 9.17) is 5.26 Å². The van der Waals surface area contributed by atoms with E-state index in [0.717, 1.165) is 30.5 Å². The summed E-state index contributed by atoms with van der Waals surface area (Å²) in [6, 6.07) is 10.8. The average Bonchev–Trinajstić information content (AvgIpc) is 2.85. The second-order valence-electron chi connectivity index (χ2n) is 5.45. The highest BCUT2D eigenvalue weighted by Gasteiger charge is 2.21. The number of hydrogen-bond acceptors (Lipinski definition) is 4. The Morgan fingerprint density at radius 1 is 1.35 bits per heavy atom. The number of benzene rings is 1. The third-order valence-electron chi connectivity index (χ3n) is 3.44. The van der Waals surface area contributed by atoms with Gasteiger partial charge in [0.15, 0.2) is 5.82 Å². The Morgan fingerprint density at radius 3 is 2.70 bits per heavy atom. The van der Waals surface area contributed by atoms with E-state index in [1.165, 1.54) is 4.31 Å². The number of sulfonamides is 1. The SMILES string of the molecule is CCCn1nc(N(Cc2cccc(C#N)c2)S(C)(=O)=O)cc1C. The van der Waals surface area contributed by atoms with Gasteiger partial charge in [-0.25, -0.2) is 12.7 Å². The maximum atomic E-state index is 12.2. The van der Waals surface area contributed by atoms with Crippen molar-refractivity contribution in [2.24, 2.45) is 0 Å². The van der Waals surface area contributed by atoms with Gasteiger partial charge in [-0.2, -0.15) is 10.4 Å². The van der Waals surface area contributed by atoms with Gasteiger partial charge < -0.3 is 0 Å². The van der Waals surface area contributed by atoms with Crippen molar-refractivity contribution in [3.05, 3.63) is 47.2 Å². The predicted octanol–water partition coefficient (Wildman–Crippen LogP) is 2.44. The molecule has 0 aliphatic carbocycles. The van der Waals surface area contributed by atoms with E-state index in [-0.39, 0.29) is 6.54 Å². The second-order valence-corrected chi connectivity index (χ2v) is 7.36. The second kappa shape index (κ2) is 6.84. The predicted molar refractivity (Wildman–Crippen MR) is 89.4 cm³/mol.